The van der Waals surface area contributed by atoms with Gasteiger partial charge in [-0.1, -0.05) is 83.3 Å². The van der Waals surface area contributed by atoms with Gasteiger partial charge in [-0.2, -0.15) is 0 Å². The van der Waals surface area contributed by atoms with Crippen molar-refractivity contribution in [2.24, 2.45) is 0 Å². The lowest BCUT2D eigenvalue weighted by Gasteiger charge is -2.12. The fourth-order valence-electron chi connectivity index (χ4n) is 3.60. The molecule has 162 valence electrons. The highest BCUT2D eigenvalue weighted by molar-refractivity contribution is 6.55. The van der Waals surface area contributed by atoms with Crippen LogP contribution in [0.1, 0.15) is 39.3 Å². The van der Waals surface area contributed by atoms with Gasteiger partial charge < -0.3 is 4.74 Å². The number of allylic oxidation sites excluding steroid dienone is 1. The van der Waals surface area contributed by atoms with Crippen LogP contribution in [0.25, 0.3) is 10.9 Å². The molecule has 2 aromatic carbocycles. The van der Waals surface area contributed by atoms with Crippen molar-refractivity contribution in [2.75, 3.05) is 6.61 Å². The number of carbonyl (C=O) groups is 2. The molecule has 4 nitrogen and oxygen atoms in total. The quantitative estimate of drug-likeness (QED) is 0.155. The smallest absolute Gasteiger partial charge is 0.182 e. The molecule has 1 aliphatic rings. The molecule has 0 fully saturated rings. The van der Waals surface area contributed by atoms with Gasteiger partial charge in [-0.3, -0.25) is 9.59 Å². The van der Waals surface area contributed by atoms with Crippen molar-refractivity contribution in [3.05, 3.63) is 91.5 Å². The Kier molecular flexibility index (Phi) is 6.33. The number of nitrogens with zero attached hydrogens (tertiary/aromatic N) is 1. The zero-order valence-electron chi connectivity index (χ0n) is 16.7. The number of hydrogen-bond donors (Lipinski definition) is 0. The Hall–Kier alpha value is -2.37. The first kappa shape index (κ1) is 22.8. The van der Waals surface area contributed by atoms with Crippen molar-refractivity contribution in [3.63, 3.8) is 0 Å². The van der Waals surface area contributed by atoms with Crippen LogP contribution in [0, 0.1) is 0 Å². The monoisotopic (exact) mass is 505 g/mol. The van der Waals surface area contributed by atoms with Gasteiger partial charge in [0, 0.05) is 5.39 Å². The van der Waals surface area contributed by atoms with Crippen molar-refractivity contribution < 1.29 is 14.3 Å². The molecule has 0 bridgehead atoms. The fourth-order valence-corrected chi connectivity index (χ4v) is 4.64. The van der Waals surface area contributed by atoms with Gasteiger partial charge in [0.25, 0.3) is 0 Å². The summed E-state index contributed by atoms with van der Waals surface area (Å²) in [6.45, 7) is 5.95. The lowest BCUT2D eigenvalue weighted by molar-refractivity contribution is 0.0888. The molecule has 1 aromatic heterocycles. The van der Waals surface area contributed by atoms with E-state index in [1.165, 1.54) is 0 Å². The first-order valence-corrected chi connectivity index (χ1v) is 11.1. The van der Waals surface area contributed by atoms with Crippen LogP contribution >= 0.6 is 46.4 Å². The highest BCUT2D eigenvalue weighted by Crippen LogP contribution is 2.48. The summed E-state index contributed by atoms with van der Waals surface area (Å²) in [6.07, 6.45) is 3.61. The van der Waals surface area contributed by atoms with Crippen molar-refractivity contribution in [1.29, 1.82) is 0 Å². The molecule has 0 saturated heterocycles. The summed E-state index contributed by atoms with van der Waals surface area (Å²) >= 11 is 24.7. The summed E-state index contributed by atoms with van der Waals surface area (Å²) in [4.78, 5) is 31.0. The van der Waals surface area contributed by atoms with Crippen LogP contribution in [0.4, 0.5) is 0 Å². The van der Waals surface area contributed by atoms with Crippen LogP contribution in [0.5, 0.6) is 5.75 Å². The van der Waals surface area contributed by atoms with Crippen LogP contribution in [-0.4, -0.2) is 23.2 Å². The SMILES string of the molecule is C=C/C(=C\C)COc1cccc2ccc(C3C(=O)c4c(Cl)c(Cl)c(Cl)c(Cl)c4C3=O)nc12. The Labute approximate surface area is 204 Å². The van der Waals surface area contributed by atoms with E-state index in [0.717, 1.165) is 11.0 Å². The number of benzene rings is 2. The highest BCUT2D eigenvalue weighted by Gasteiger charge is 2.45. The molecule has 1 heterocycles. The molecule has 0 unspecified atom stereocenters. The van der Waals surface area contributed by atoms with Crippen LogP contribution in [0.2, 0.25) is 20.1 Å². The molecule has 0 aliphatic heterocycles. The maximum Gasteiger partial charge on any atom is 0.182 e. The number of carbonyl (C=O) groups excluding carboxylic acids is 2. The average Bonchev–Trinajstić information content (AvgIpc) is 3.06. The van der Waals surface area contributed by atoms with Gasteiger partial charge in [0.2, 0.25) is 0 Å². The maximum absolute atomic E-state index is 13.2. The first-order valence-electron chi connectivity index (χ1n) is 9.54. The predicted molar refractivity (Wildman–Crippen MR) is 129 cm³/mol. The summed E-state index contributed by atoms with van der Waals surface area (Å²) in [6, 6.07) is 8.89. The summed E-state index contributed by atoms with van der Waals surface area (Å²) in [7, 11) is 0. The van der Waals surface area contributed by atoms with E-state index in [9.17, 15) is 9.59 Å². The molecule has 0 N–H and O–H groups in total. The summed E-state index contributed by atoms with van der Waals surface area (Å²) in [5.41, 5.74) is 1.63. The number of Topliss-reactive ketones (excluding diaryl/α,β-unsaturated/α-hetero) is 2. The van der Waals surface area contributed by atoms with Crippen LogP contribution < -0.4 is 4.74 Å². The minimum atomic E-state index is -1.20. The molecule has 0 saturated carbocycles. The van der Waals surface area contributed by atoms with E-state index >= 15 is 0 Å². The highest BCUT2D eigenvalue weighted by atomic mass is 35.5. The lowest BCUT2D eigenvalue weighted by atomic mass is 9.98. The second-order valence-corrected chi connectivity index (χ2v) is 8.60. The summed E-state index contributed by atoms with van der Waals surface area (Å²) < 4.78 is 5.92. The van der Waals surface area contributed by atoms with Crippen molar-refractivity contribution >= 4 is 68.9 Å². The number of halogens is 4. The number of hydrogen-bond acceptors (Lipinski definition) is 4. The minimum absolute atomic E-state index is 0.0313. The number of rotatable bonds is 5. The number of para-hydroxylation sites is 1. The molecule has 0 spiro atoms. The first-order chi connectivity index (χ1) is 15.3. The van der Waals surface area contributed by atoms with E-state index in [0.29, 0.717) is 17.9 Å². The van der Waals surface area contributed by atoms with Crippen LogP contribution in [0.3, 0.4) is 0 Å². The van der Waals surface area contributed by atoms with E-state index in [-0.39, 0.29) is 36.9 Å². The second-order valence-electron chi connectivity index (χ2n) is 7.09. The van der Waals surface area contributed by atoms with Gasteiger partial charge in [0.05, 0.1) is 36.9 Å². The Balaban J connectivity index is 1.80. The number of ether oxygens (including phenoxy) is 1. The Morgan fingerprint density at radius 3 is 2.19 bits per heavy atom. The zero-order valence-corrected chi connectivity index (χ0v) is 19.7. The fraction of sp³-hybridized carbons (Fsp3) is 0.125. The molecule has 1 aliphatic carbocycles. The van der Waals surface area contributed by atoms with Crippen LogP contribution in [0.15, 0.2) is 54.6 Å². The topological polar surface area (TPSA) is 56.3 Å². The molecule has 0 radical (unpaired) electrons. The Bertz CT molecular complexity index is 1300. The van der Waals surface area contributed by atoms with Crippen molar-refractivity contribution in [1.82, 2.24) is 4.98 Å². The normalized spacial score (nSPS) is 14.2. The molecule has 0 atom stereocenters. The molecule has 8 heteroatoms. The number of aromatic nitrogens is 1. The molecule has 3 aromatic rings. The largest absolute Gasteiger partial charge is 0.487 e. The van der Waals surface area contributed by atoms with E-state index in [1.54, 1.807) is 24.3 Å². The van der Waals surface area contributed by atoms with E-state index in [2.05, 4.69) is 11.6 Å². The minimum Gasteiger partial charge on any atom is -0.487 e. The van der Waals surface area contributed by atoms with Gasteiger partial charge in [-0.25, -0.2) is 4.98 Å². The predicted octanol–water partition coefficient (Wildman–Crippen LogP) is 7.52. The van der Waals surface area contributed by atoms with Crippen molar-refractivity contribution in [3.8, 4) is 5.75 Å². The average molecular weight is 507 g/mol. The third-order valence-electron chi connectivity index (χ3n) is 5.31. The molecular formula is C24H15Cl4NO3. The van der Waals surface area contributed by atoms with Gasteiger partial charge >= 0.3 is 0 Å². The van der Waals surface area contributed by atoms with Crippen LogP contribution in [-0.2, 0) is 0 Å². The summed E-state index contributed by atoms with van der Waals surface area (Å²) in [5.74, 6) is -1.73. The van der Waals surface area contributed by atoms with E-state index in [1.807, 2.05) is 25.1 Å². The van der Waals surface area contributed by atoms with Gasteiger partial charge in [-0.15, -0.1) is 0 Å². The van der Waals surface area contributed by atoms with Gasteiger partial charge in [0.15, 0.2) is 11.6 Å². The standard InChI is InChI=1S/C24H15Cl4NO3/c1-3-11(4-2)10-32-14-7-5-6-12-8-9-13(29-22(12)14)15-23(30)16-17(24(15)31)19(26)21(28)20(27)18(16)25/h3-9,15H,1,10H2,2H3/b11-4+. The van der Waals surface area contributed by atoms with Gasteiger partial charge in [0.1, 0.15) is 23.8 Å². The lowest BCUT2D eigenvalue weighted by Crippen LogP contribution is -2.14. The Morgan fingerprint density at radius 1 is 1.00 bits per heavy atom. The third-order valence-corrected chi connectivity index (χ3v) is 7.11. The number of fused-ring (bicyclic) bond motifs is 2. The molecule has 0 amide bonds. The van der Waals surface area contributed by atoms with E-state index in [4.69, 9.17) is 51.1 Å². The maximum atomic E-state index is 13.2. The second kappa shape index (κ2) is 8.87. The summed E-state index contributed by atoms with van der Waals surface area (Å²) in [5, 5.41) is 0.477. The molecule has 32 heavy (non-hydrogen) atoms. The van der Waals surface area contributed by atoms with Gasteiger partial charge in [-0.05, 0) is 24.6 Å². The Morgan fingerprint density at radius 2 is 1.62 bits per heavy atom. The van der Waals surface area contributed by atoms with Crippen molar-refractivity contribution in [2.45, 2.75) is 12.8 Å². The molecule has 4 rings (SSSR count). The third kappa shape index (κ3) is 3.61. The zero-order chi connectivity index (χ0) is 23.2. The van der Waals surface area contributed by atoms with E-state index < -0.39 is 17.5 Å². The number of ketones is 2. The molecular weight excluding hydrogens is 492 g/mol. The number of pyridine rings is 1.